The molecule has 1 aromatic carbocycles. The van der Waals surface area contributed by atoms with E-state index in [2.05, 4.69) is 13.8 Å². The number of hydrogen-bond donors (Lipinski definition) is 0. The first-order chi connectivity index (χ1) is 6.69. The van der Waals surface area contributed by atoms with E-state index in [0.717, 1.165) is 12.0 Å². The van der Waals surface area contributed by atoms with Gasteiger partial charge in [0.1, 0.15) is 0 Å². The molecule has 1 atom stereocenters. The van der Waals surface area contributed by atoms with Gasteiger partial charge in [0.15, 0.2) is 5.75 Å². The van der Waals surface area contributed by atoms with E-state index in [1.807, 2.05) is 12.1 Å². The summed E-state index contributed by atoms with van der Waals surface area (Å²) < 4.78 is 5.03. The third-order valence-electron chi connectivity index (χ3n) is 2.48. The SMILES string of the molecule is CCC(C)c1cccc(=O)c(OC)c1. The van der Waals surface area contributed by atoms with Crippen LogP contribution in [-0.2, 0) is 0 Å². The Balaban J connectivity index is 3.23. The van der Waals surface area contributed by atoms with Crippen LogP contribution in [0.25, 0.3) is 0 Å². The Bertz CT molecular complexity index is 358. The number of rotatable bonds is 3. The highest BCUT2D eigenvalue weighted by molar-refractivity contribution is 5.28. The van der Waals surface area contributed by atoms with Gasteiger partial charge in [0.25, 0.3) is 0 Å². The predicted octanol–water partition coefficient (Wildman–Crippen LogP) is 2.57. The molecule has 0 saturated heterocycles. The molecular weight excluding hydrogens is 176 g/mol. The van der Waals surface area contributed by atoms with Gasteiger partial charge in [0, 0.05) is 0 Å². The highest BCUT2D eigenvalue weighted by Crippen LogP contribution is 2.19. The molecule has 0 spiro atoms. The minimum atomic E-state index is -0.0675. The van der Waals surface area contributed by atoms with Crippen LogP contribution in [0.3, 0.4) is 0 Å². The van der Waals surface area contributed by atoms with E-state index in [9.17, 15) is 4.79 Å². The Morgan fingerprint density at radius 2 is 2.14 bits per heavy atom. The van der Waals surface area contributed by atoms with Crippen LogP contribution in [0.2, 0.25) is 0 Å². The first kappa shape index (κ1) is 10.8. The van der Waals surface area contributed by atoms with Crippen molar-refractivity contribution in [2.75, 3.05) is 7.11 Å². The summed E-state index contributed by atoms with van der Waals surface area (Å²) in [7, 11) is 1.52. The lowest BCUT2D eigenvalue weighted by atomic mass is 10.0. The van der Waals surface area contributed by atoms with Crippen molar-refractivity contribution in [3.05, 3.63) is 40.1 Å². The van der Waals surface area contributed by atoms with Gasteiger partial charge in [-0.25, -0.2) is 0 Å². The third-order valence-corrected chi connectivity index (χ3v) is 2.48. The molecule has 0 aliphatic rings. The van der Waals surface area contributed by atoms with Crippen LogP contribution in [0.1, 0.15) is 31.7 Å². The number of methoxy groups -OCH3 is 1. The highest BCUT2D eigenvalue weighted by Gasteiger charge is 2.04. The van der Waals surface area contributed by atoms with Crippen LogP contribution in [0.4, 0.5) is 0 Å². The van der Waals surface area contributed by atoms with E-state index in [4.69, 9.17) is 4.74 Å². The molecular formula is C12H16O2. The largest absolute Gasteiger partial charge is 0.493 e. The number of hydrogen-bond acceptors (Lipinski definition) is 2. The van der Waals surface area contributed by atoms with Crippen LogP contribution >= 0.6 is 0 Å². The summed E-state index contributed by atoms with van der Waals surface area (Å²) in [5, 5.41) is 0. The molecule has 2 nitrogen and oxygen atoms in total. The van der Waals surface area contributed by atoms with Gasteiger partial charge in [-0.3, -0.25) is 4.79 Å². The summed E-state index contributed by atoms with van der Waals surface area (Å²) in [4.78, 5) is 11.4. The maximum Gasteiger partial charge on any atom is 0.220 e. The van der Waals surface area contributed by atoms with Gasteiger partial charge in [-0.2, -0.15) is 0 Å². The van der Waals surface area contributed by atoms with E-state index in [-0.39, 0.29) is 5.43 Å². The van der Waals surface area contributed by atoms with Crippen molar-refractivity contribution in [1.82, 2.24) is 0 Å². The lowest BCUT2D eigenvalue weighted by Gasteiger charge is -2.06. The van der Waals surface area contributed by atoms with Crippen LogP contribution < -0.4 is 10.2 Å². The molecule has 1 unspecified atom stereocenters. The fourth-order valence-electron chi connectivity index (χ4n) is 1.30. The lowest BCUT2D eigenvalue weighted by Crippen LogP contribution is -2.00. The van der Waals surface area contributed by atoms with Crippen molar-refractivity contribution >= 4 is 0 Å². The third kappa shape index (κ3) is 2.34. The second-order valence-corrected chi connectivity index (χ2v) is 3.41. The molecule has 14 heavy (non-hydrogen) atoms. The molecule has 0 bridgehead atoms. The zero-order valence-corrected chi connectivity index (χ0v) is 8.91. The first-order valence-electron chi connectivity index (χ1n) is 4.87. The average molecular weight is 192 g/mol. The molecule has 0 aliphatic heterocycles. The van der Waals surface area contributed by atoms with Crippen molar-refractivity contribution in [1.29, 1.82) is 0 Å². The molecule has 0 N–H and O–H groups in total. The smallest absolute Gasteiger partial charge is 0.220 e. The van der Waals surface area contributed by atoms with E-state index in [0.29, 0.717) is 11.7 Å². The van der Waals surface area contributed by atoms with Gasteiger partial charge in [0.2, 0.25) is 5.43 Å². The van der Waals surface area contributed by atoms with Crippen LogP contribution in [0, 0.1) is 0 Å². The molecule has 0 fully saturated rings. The average Bonchev–Trinajstić information content (AvgIpc) is 2.39. The van der Waals surface area contributed by atoms with E-state index in [1.54, 1.807) is 6.07 Å². The van der Waals surface area contributed by atoms with Gasteiger partial charge < -0.3 is 4.74 Å². The predicted molar refractivity (Wildman–Crippen MR) is 58.0 cm³/mol. The molecule has 0 aliphatic carbocycles. The summed E-state index contributed by atoms with van der Waals surface area (Å²) in [5.74, 6) is 0.876. The molecule has 1 aromatic rings. The van der Waals surface area contributed by atoms with Crippen molar-refractivity contribution in [2.45, 2.75) is 26.2 Å². The lowest BCUT2D eigenvalue weighted by molar-refractivity contribution is 0.410. The Morgan fingerprint density at radius 1 is 1.43 bits per heavy atom. The molecule has 0 amide bonds. The maximum atomic E-state index is 11.4. The molecule has 76 valence electrons. The quantitative estimate of drug-likeness (QED) is 0.735. The summed E-state index contributed by atoms with van der Waals surface area (Å²) in [5.41, 5.74) is 1.08. The van der Waals surface area contributed by atoms with Gasteiger partial charge in [-0.05, 0) is 30.0 Å². The summed E-state index contributed by atoms with van der Waals surface area (Å²) in [6, 6.07) is 7.12. The summed E-state index contributed by atoms with van der Waals surface area (Å²) in [6.45, 7) is 4.27. The van der Waals surface area contributed by atoms with Gasteiger partial charge in [0.05, 0.1) is 7.11 Å². The number of ether oxygens (including phenoxy) is 1. The monoisotopic (exact) mass is 192 g/mol. The second-order valence-electron chi connectivity index (χ2n) is 3.41. The van der Waals surface area contributed by atoms with Crippen LogP contribution in [-0.4, -0.2) is 7.11 Å². The van der Waals surface area contributed by atoms with E-state index in [1.165, 1.54) is 13.2 Å². The van der Waals surface area contributed by atoms with Gasteiger partial charge in [-0.15, -0.1) is 0 Å². The summed E-state index contributed by atoms with van der Waals surface area (Å²) in [6.07, 6.45) is 1.06. The van der Waals surface area contributed by atoms with Gasteiger partial charge >= 0.3 is 0 Å². The van der Waals surface area contributed by atoms with Crippen LogP contribution in [0.15, 0.2) is 29.1 Å². The molecule has 0 saturated carbocycles. The zero-order valence-electron chi connectivity index (χ0n) is 8.91. The van der Waals surface area contributed by atoms with Crippen molar-refractivity contribution in [2.24, 2.45) is 0 Å². The standard InChI is InChI=1S/C12H16O2/c1-4-9(2)10-6-5-7-11(13)12(8-10)14-3/h5-9H,4H2,1-3H3. The molecule has 0 aromatic heterocycles. The fraction of sp³-hybridized carbons (Fsp3) is 0.417. The Kier molecular flexibility index (Phi) is 3.69. The normalized spacial score (nSPS) is 12.2. The molecule has 2 heteroatoms. The maximum absolute atomic E-state index is 11.4. The fourth-order valence-corrected chi connectivity index (χ4v) is 1.30. The van der Waals surface area contributed by atoms with Crippen molar-refractivity contribution in [3.8, 4) is 5.75 Å². The second kappa shape index (κ2) is 4.80. The van der Waals surface area contributed by atoms with Gasteiger partial charge in [-0.1, -0.05) is 26.0 Å². The van der Waals surface area contributed by atoms with E-state index >= 15 is 0 Å². The van der Waals surface area contributed by atoms with Crippen LogP contribution in [0.5, 0.6) is 5.75 Å². The molecule has 0 radical (unpaired) electrons. The Hall–Kier alpha value is -1.31. The van der Waals surface area contributed by atoms with Crippen molar-refractivity contribution < 1.29 is 4.74 Å². The summed E-state index contributed by atoms with van der Waals surface area (Å²) >= 11 is 0. The minimum Gasteiger partial charge on any atom is -0.493 e. The Labute approximate surface area is 84.5 Å². The topological polar surface area (TPSA) is 26.3 Å². The Morgan fingerprint density at radius 3 is 2.71 bits per heavy atom. The first-order valence-corrected chi connectivity index (χ1v) is 4.87. The molecule has 1 rings (SSSR count). The van der Waals surface area contributed by atoms with Crippen molar-refractivity contribution in [3.63, 3.8) is 0 Å². The zero-order chi connectivity index (χ0) is 10.6. The van der Waals surface area contributed by atoms with E-state index < -0.39 is 0 Å². The minimum absolute atomic E-state index is 0.0675. The highest BCUT2D eigenvalue weighted by atomic mass is 16.5. The molecule has 0 heterocycles.